The molecule has 0 aliphatic heterocycles. The second-order valence-electron chi connectivity index (χ2n) is 6.09. The Labute approximate surface area is 166 Å². The molecule has 0 amide bonds. The third kappa shape index (κ3) is 7.00. The summed E-state index contributed by atoms with van der Waals surface area (Å²) in [5.41, 5.74) is 8.03. The molecule has 3 N–H and O–H groups in total. The van der Waals surface area contributed by atoms with E-state index in [1.54, 1.807) is 21.3 Å². The first-order chi connectivity index (χ1) is 13.7. The van der Waals surface area contributed by atoms with E-state index in [1.807, 2.05) is 42.5 Å². The van der Waals surface area contributed by atoms with Crippen LogP contribution < -0.4 is 25.3 Å². The molecule has 0 heterocycles. The van der Waals surface area contributed by atoms with Gasteiger partial charge in [-0.3, -0.25) is 0 Å². The van der Waals surface area contributed by atoms with Gasteiger partial charge in [0, 0.05) is 26.7 Å². The molecule has 0 saturated carbocycles. The van der Waals surface area contributed by atoms with Crippen molar-refractivity contribution in [2.24, 2.45) is 10.7 Å². The zero-order chi connectivity index (χ0) is 20.2. The maximum Gasteiger partial charge on any atom is 0.189 e. The number of aliphatic imine (C=N–C) groups is 1. The molecule has 0 radical (unpaired) electrons. The lowest BCUT2D eigenvalue weighted by molar-refractivity contribution is 0.172. The van der Waals surface area contributed by atoms with Crippen LogP contribution in [0.4, 0.5) is 0 Å². The van der Waals surface area contributed by atoms with Crippen LogP contribution in [0.25, 0.3) is 0 Å². The van der Waals surface area contributed by atoms with Crippen LogP contribution in [-0.2, 0) is 17.8 Å². The number of ether oxygens (including phenoxy) is 4. The second kappa shape index (κ2) is 11.7. The fraction of sp³-hybridized carbons (Fsp3) is 0.381. The van der Waals surface area contributed by atoms with Gasteiger partial charge in [0.15, 0.2) is 17.5 Å². The van der Waals surface area contributed by atoms with Crippen LogP contribution in [-0.4, -0.2) is 40.5 Å². The monoisotopic (exact) mass is 387 g/mol. The summed E-state index contributed by atoms with van der Waals surface area (Å²) in [5, 5.41) is 3.11. The number of guanidine groups is 1. The molecule has 0 fully saturated rings. The number of rotatable bonds is 11. The first kappa shape index (κ1) is 21.4. The Bertz CT molecular complexity index is 765. The van der Waals surface area contributed by atoms with Crippen LogP contribution in [0.5, 0.6) is 17.2 Å². The van der Waals surface area contributed by atoms with Crippen molar-refractivity contribution >= 4 is 5.96 Å². The molecule has 0 unspecified atom stereocenters. The number of nitrogens with one attached hydrogen (secondary N) is 1. The SMILES string of the molecule is COCCCOc1cccc(CN=C(N)NCc2ccc(OC)c(OC)c2)c1. The molecule has 0 bridgehead atoms. The van der Waals surface area contributed by atoms with E-state index >= 15 is 0 Å². The molecule has 0 saturated heterocycles. The molecular formula is C21H29N3O4. The molecule has 2 rings (SSSR count). The van der Waals surface area contributed by atoms with E-state index in [4.69, 9.17) is 24.7 Å². The zero-order valence-electron chi connectivity index (χ0n) is 16.7. The second-order valence-corrected chi connectivity index (χ2v) is 6.09. The van der Waals surface area contributed by atoms with Gasteiger partial charge in [0.2, 0.25) is 0 Å². The summed E-state index contributed by atoms with van der Waals surface area (Å²) < 4.78 is 21.3. The molecule has 2 aromatic rings. The summed E-state index contributed by atoms with van der Waals surface area (Å²) in [5.74, 6) is 2.57. The van der Waals surface area contributed by atoms with Crippen LogP contribution in [0.3, 0.4) is 0 Å². The Morgan fingerprint density at radius 1 is 0.964 bits per heavy atom. The van der Waals surface area contributed by atoms with E-state index in [2.05, 4.69) is 10.3 Å². The van der Waals surface area contributed by atoms with Crippen LogP contribution in [0, 0.1) is 0 Å². The van der Waals surface area contributed by atoms with E-state index < -0.39 is 0 Å². The van der Waals surface area contributed by atoms with Crippen molar-refractivity contribution in [1.29, 1.82) is 0 Å². The van der Waals surface area contributed by atoms with Crippen LogP contribution >= 0.6 is 0 Å². The summed E-state index contributed by atoms with van der Waals surface area (Å²) >= 11 is 0. The van der Waals surface area contributed by atoms with Crippen LogP contribution in [0.2, 0.25) is 0 Å². The highest BCUT2D eigenvalue weighted by atomic mass is 16.5. The minimum atomic E-state index is 0.376. The maximum atomic E-state index is 5.99. The summed E-state index contributed by atoms with van der Waals surface area (Å²) in [4.78, 5) is 4.39. The third-order valence-electron chi connectivity index (χ3n) is 4.01. The number of nitrogens with zero attached hydrogens (tertiary/aromatic N) is 1. The lowest BCUT2D eigenvalue weighted by atomic mass is 10.2. The third-order valence-corrected chi connectivity index (χ3v) is 4.01. The van der Waals surface area contributed by atoms with Crippen molar-refractivity contribution in [2.45, 2.75) is 19.5 Å². The molecule has 2 aromatic carbocycles. The molecule has 152 valence electrons. The van der Waals surface area contributed by atoms with E-state index in [-0.39, 0.29) is 0 Å². The van der Waals surface area contributed by atoms with Gasteiger partial charge in [-0.05, 0) is 35.4 Å². The van der Waals surface area contributed by atoms with Crippen molar-refractivity contribution in [2.75, 3.05) is 34.5 Å². The molecule has 0 atom stereocenters. The van der Waals surface area contributed by atoms with Crippen molar-refractivity contribution in [3.8, 4) is 17.2 Å². The smallest absolute Gasteiger partial charge is 0.189 e. The Morgan fingerprint density at radius 3 is 2.54 bits per heavy atom. The summed E-state index contributed by atoms with van der Waals surface area (Å²) in [6, 6.07) is 13.6. The molecule has 7 heteroatoms. The molecule has 0 aliphatic rings. The quantitative estimate of drug-likeness (QED) is 0.350. The molecule has 0 aliphatic carbocycles. The van der Waals surface area contributed by atoms with E-state index in [9.17, 15) is 0 Å². The summed E-state index contributed by atoms with van der Waals surface area (Å²) in [7, 11) is 4.91. The topological polar surface area (TPSA) is 87.3 Å². The van der Waals surface area contributed by atoms with Gasteiger partial charge in [0.05, 0.1) is 27.4 Å². The fourth-order valence-corrected chi connectivity index (χ4v) is 2.54. The minimum absolute atomic E-state index is 0.376. The highest BCUT2D eigenvalue weighted by Crippen LogP contribution is 2.27. The van der Waals surface area contributed by atoms with Gasteiger partial charge >= 0.3 is 0 Å². The van der Waals surface area contributed by atoms with Gasteiger partial charge < -0.3 is 30.0 Å². The van der Waals surface area contributed by atoms with Crippen molar-refractivity contribution in [1.82, 2.24) is 5.32 Å². The number of hydrogen-bond acceptors (Lipinski definition) is 5. The number of benzene rings is 2. The standard InChI is InChI=1S/C21H29N3O4/c1-25-10-5-11-28-18-7-4-6-16(12-18)14-23-21(22)24-15-17-8-9-19(26-2)20(13-17)27-3/h4,6-9,12-13H,5,10-11,14-15H2,1-3H3,(H3,22,23,24). The molecule has 7 nitrogen and oxygen atoms in total. The average molecular weight is 387 g/mol. The van der Waals surface area contributed by atoms with E-state index in [0.29, 0.717) is 43.8 Å². The van der Waals surface area contributed by atoms with Crippen LogP contribution in [0.15, 0.2) is 47.5 Å². The molecule has 0 aromatic heterocycles. The maximum absolute atomic E-state index is 5.99. The van der Waals surface area contributed by atoms with Gasteiger partial charge in [-0.1, -0.05) is 18.2 Å². The molecular weight excluding hydrogens is 358 g/mol. The number of methoxy groups -OCH3 is 3. The van der Waals surface area contributed by atoms with Gasteiger partial charge in [-0.15, -0.1) is 0 Å². The normalized spacial score (nSPS) is 11.2. The Hall–Kier alpha value is -2.93. The molecule has 0 spiro atoms. The van der Waals surface area contributed by atoms with Crippen LogP contribution in [0.1, 0.15) is 17.5 Å². The van der Waals surface area contributed by atoms with Gasteiger partial charge in [0.25, 0.3) is 0 Å². The molecule has 28 heavy (non-hydrogen) atoms. The first-order valence-electron chi connectivity index (χ1n) is 9.11. The van der Waals surface area contributed by atoms with Gasteiger partial charge in [-0.2, -0.15) is 0 Å². The number of nitrogens with two attached hydrogens (primary N) is 1. The predicted molar refractivity (Wildman–Crippen MR) is 110 cm³/mol. The summed E-state index contributed by atoms with van der Waals surface area (Å²) in [6.07, 6.45) is 0.853. The lowest BCUT2D eigenvalue weighted by Crippen LogP contribution is -2.31. The number of hydrogen-bond donors (Lipinski definition) is 2. The average Bonchev–Trinajstić information content (AvgIpc) is 2.74. The fourth-order valence-electron chi connectivity index (χ4n) is 2.54. The minimum Gasteiger partial charge on any atom is -0.493 e. The van der Waals surface area contributed by atoms with Crippen molar-refractivity contribution in [3.05, 3.63) is 53.6 Å². The largest absolute Gasteiger partial charge is 0.493 e. The highest BCUT2D eigenvalue weighted by molar-refractivity contribution is 5.77. The van der Waals surface area contributed by atoms with Gasteiger partial charge in [-0.25, -0.2) is 4.99 Å². The van der Waals surface area contributed by atoms with E-state index in [0.717, 1.165) is 23.3 Å². The zero-order valence-corrected chi connectivity index (χ0v) is 16.7. The van der Waals surface area contributed by atoms with E-state index in [1.165, 1.54) is 0 Å². The lowest BCUT2D eigenvalue weighted by Gasteiger charge is -2.11. The Balaban J connectivity index is 1.85. The Morgan fingerprint density at radius 2 is 1.79 bits per heavy atom. The highest BCUT2D eigenvalue weighted by Gasteiger charge is 2.05. The predicted octanol–water partition coefficient (Wildman–Crippen LogP) is 2.72. The van der Waals surface area contributed by atoms with Gasteiger partial charge in [0.1, 0.15) is 5.75 Å². The van der Waals surface area contributed by atoms with Crippen molar-refractivity contribution < 1.29 is 18.9 Å². The Kier molecular flexibility index (Phi) is 8.94. The summed E-state index contributed by atoms with van der Waals surface area (Å²) in [6.45, 7) is 2.32. The first-order valence-corrected chi connectivity index (χ1v) is 9.11. The van der Waals surface area contributed by atoms with Crippen molar-refractivity contribution in [3.63, 3.8) is 0 Å².